The van der Waals surface area contributed by atoms with Gasteiger partial charge in [-0.3, -0.25) is 0 Å². The molecule has 0 bridgehead atoms. The van der Waals surface area contributed by atoms with E-state index in [0.29, 0.717) is 37.4 Å². The number of methoxy groups -OCH3 is 1. The van der Waals surface area contributed by atoms with E-state index in [1.165, 1.54) is 0 Å². The average molecular weight is 354 g/mol. The number of hydrogen-bond acceptors (Lipinski definition) is 7. The lowest BCUT2D eigenvalue weighted by atomic mass is 10.1. The van der Waals surface area contributed by atoms with Crippen LogP contribution in [0.2, 0.25) is 0 Å². The standard InChI is InChI=1S/C18H22N6O2/c1-4-26-18-22-15(11-13-5-7-14(25-3)8-6-13)21-17(23-18)20-12-16-19-9-10-24(16)2/h5-10H,4,11-12H2,1-3H3,(H,20,21,22,23). The van der Waals surface area contributed by atoms with E-state index in [0.717, 1.165) is 17.1 Å². The third-order valence-corrected chi connectivity index (χ3v) is 3.78. The van der Waals surface area contributed by atoms with Gasteiger partial charge in [0, 0.05) is 25.9 Å². The van der Waals surface area contributed by atoms with Gasteiger partial charge in [0.2, 0.25) is 5.95 Å². The molecule has 0 saturated carbocycles. The van der Waals surface area contributed by atoms with Gasteiger partial charge in [-0.05, 0) is 24.6 Å². The van der Waals surface area contributed by atoms with Crippen LogP contribution in [-0.2, 0) is 20.0 Å². The summed E-state index contributed by atoms with van der Waals surface area (Å²) in [6, 6.07) is 8.13. The van der Waals surface area contributed by atoms with Crippen LogP contribution < -0.4 is 14.8 Å². The molecule has 136 valence electrons. The molecule has 3 rings (SSSR count). The SMILES string of the molecule is CCOc1nc(Cc2ccc(OC)cc2)nc(NCc2nccn2C)n1. The van der Waals surface area contributed by atoms with Crippen LogP contribution in [0.3, 0.4) is 0 Å². The third-order valence-electron chi connectivity index (χ3n) is 3.78. The van der Waals surface area contributed by atoms with Crippen LogP contribution >= 0.6 is 0 Å². The highest BCUT2D eigenvalue weighted by Gasteiger charge is 2.09. The van der Waals surface area contributed by atoms with Gasteiger partial charge in [-0.15, -0.1) is 0 Å². The maximum Gasteiger partial charge on any atom is 0.321 e. The lowest BCUT2D eigenvalue weighted by Gasteiger charge is -2.09. The zero-order valence-electron chi connectivity index (χ0n) is 15.1. The summed E-state index contributed by atoms with van der Waals surface area (Å²) in [4.78, 5) is 17.5. The van der Waals surface area contributed by atoms with E-state index in [-0.39, 0.29) is 0 Å². The average Bonchev–Trinajstić information content (AvgIpc) is 3.06. The van der Waals surface area contributed by atoms with E-state index in [2.05, 4.69) is 25.3 Å². The zero-order valence-corrected chi connectivity index (χ0v) is 15.1. The molecule has 0 radical (unpaired) electrons. The summed E-state index contributed by atoms with van der Waals surface area (Å²) in [5.74, 6) is 2.81. The van der Waals surface area contributed by atoms with Gasteiger partial charge in [-0.25, -0.2) is 4.98 Å². The first kappa shape index (κ1) is 17.7. The van der Waals surface area contributed by atoms with Gasteiger partial charge in [0.05, 0.1) is 20.3 Å². The topological polar surface area (TPSA) is 87.0 Å². The summed E-state index contributed by atoms with van der Waals surface area (Å²) in [7, 11) is 3.59. The fourth-order valence-electron chi connectivity index (χ4n) is 2.40. The Balaban J connectivity index is 1.77. The predicted molar refractivity (Wildman–Crippen MR) is 97.3 cm³/mol. The Hall–Kier alpha value is -3.16. The quantitative estimate of drug-likeness (QED) is 0.663. The van der Waals surface area contributed by atoms with Crippen LogP contribution in [0, 0.1) is 0 Å². The largest absolute Gasteiger partial charge is 0.497 e. The Bertz CT molecular complexity index is 847. The fraction of sp³-hybridized carbons (Fsp3) is 0.333. The van der Waals surface area contributed by atoms with Crippen LogP contribution in [-0.4, -0.2) is 38.2 Å². The molecule has 8 heteroatoms. The summed E-state index contributed by atoms with van der Waals surface area (Å²) in [6.07, 6.45) is 4.22. The molecule has 0 amide bonds. The minimum atomic E-state index is 0.313. The van der Waals surface area contributed by atoms with Gasteiger partial charge in [-0.1, -0.05) is 12.1 Å². The number of anilines is 1. The number of nitrogens with zero attached hydrogens (tertiary/aromatic N) is 5. The number of hydrogen-bond donors (Lipinski definition) is 1. The van der Waals surface area contributed by atoms with Crippen molar-refractivity contribution in [3.63, 3.8) is 0 Å². The molecule has 0 unspecified atom stereocenters. The van der Waals surface area contributed by atoms with Gasteiger partial charge in [0.1, 0.15) is 17.4 Å². The number of aryl methyl sites for hydroxylation is 1. The summed E-state index contributed by atoms with van der Waals surface area (Å²) in [5.41, 5.74) is 1.08. The highest BCUT2D eigenvalue weighted by molar-refractivity contribution is 5.31. The number of nitrogens with one attached hydrogen (secondary N) is 1. The second-order valence-electron chi connectivity index (χ2n) is 5.62. The highest BCUT2D eigenvalue weighted by Crippen LogP contribution is 2.16. The summed E-state index contributed by atoms with van der Waals surface area (Å²) in [6.45, 7) is 2.90. The molecular weight excluding hydrogens is 332 g/mol. The van der Waals surface area contributed by atoms with Gasteiger partial charge in [-0.2, -0.15) is 15.0 Å². The summed E-state index contributed by atoms with van der Waals surface area (Å²) < 4.78 is 12.6. The highest BCUT2D eigenvalue weighted by atomic mass is 16.5. The van der Waals surface area contributed by atoms with E-state index in [4.69, 9.17) is 9.47 Å². The molecule has 1 N–H and O–H groups in total. The van der Waals surface area contributed by atoms with Crippen LogP contribution in [0.4, 0.5) is 5.95 Å². The summed E-state index contributed by atoms with van der Waals surface area (Å²) >= 11 is 0. The van der Waals surface area contributed by atoms with Crippen molar-refractivity contribution in [1.29, 1.82) is 0 Å². The molecule has 26 heavy (non-hydrogen) atoms. The molecule has 0 saturated heterocycles. The van der Waals surface area contributed by atoms with E-state index < -0.39 is 0 Å². The van der Waals surface area contributed by atoms with Crippen molar-refractivity contribution in [2.24, 2.45) is 7.05 Å². The molecule has 0 atom stereocenters. The van der Waals surface area contributed by atoms with Gasteiger partial charge < -0.3 is 19.4 Å². The van der Waals surface area contributed by atoms with Crippen molar-refractivity contribution in [3.05, 3.63) is 53.9 Å². The first-order chi connectivity index (χ1) is 12.7. The lowest BCUT2D eigenvalue weighted by Crippen LogP contribution is -2.12. The van der Waals surface area contributed by atoms with Gasteiger partial charge >= 0.3 is 6.01 Å². The maximum atomic E-state index is 5.48. The van der Waals surface area contributed by atoms with Crippen LogP contribution in [0.25, 0.3) is 0 Å². The maximum absolute atomic E-state index is 5.48. The van der Waals surface area contributed by atoms with Crippen molar-refractivity contribution in [2.75, 3.05) is 19.0 Å². The van der Waals surface area contributed by atoms with Gasteiger partial charge in [0.15, 0.2) is 0 Å². The number of rotatable bonds is 8. The Kier molecular flexibility index (Phi) is 5.62. The molecule has 2 aromatic heterocycles. The minimum absolute atomic E-state index is 0.313. The number of benzene rings is 1. The Labute approximate surface area is 152 Å². The van der Waals surface area contributed by atoms with Crippen molar-refractivity contribution in [2.45, 2.75) is 19.9 Å². The Morgan fingerprint density at radius 2 is 1.92 bits per heavy atom. The zero-order chi connectivity index (χ0) is 18.4. The van der Waals surface area contributed by atoms with Gasteiger partial charge in [0.25, 0.3) is 0 Å². The third kappa shape index (κ3) is 4.47. The Morgan fingerprint density at radius 1 is 1.12 bits per heavy atom. The molecule has 0 spiro atoms. The summed E-state index contributed by atoms with van der Waals surface area (Å²) in [5, 5.41) is 3.19. The molecule has 0 aliphatic rings. The molecule has 0 aliphatic heterocycles. The number of ether oxygens (including phenoxy) is 2. The van der Waals surface area contributed by atoms with Crippen molar-refractivity contribution in [3.8, 4) is 11.8 Å². The second kappa shape index (κ2) is 8.28. The van der Waals surface area contributed by atoms with Crippen molar-refractivity contribution < 1.29 is 9.47 Å². The Morgan fingerprint density at radius 3 is 2.58 bits per heavy atom. The molecule has 2 heterocycles. The fourth-order valence-corrected chi connectivity index (χ4v) is 2.40. The van der Waals surface area contributed by atoms with E-state index in [1.807, 2.05) is 49.0 Å². The lowest BCUT2D eigenvalue weighted by molar-refractivity contribution is 0.310. The van der Waals surface area contributed by atoms with Crippen molar-refractivity contribution in [1.82, 2.24) is 24.5 Å². The first-order valence-corrected chi connectivity index (χ1v) is 8.38. The van der Waals surface area contributed by atoms with E-state index in [9.17, 15) is 0 Å². The first-order valence-electron chi connectivity index (χ1n) is 8.38. The molecule has 0 aliphatic carbocycles. The van der Waals surface area contributed by atoms with E-state index in [1.54, 1.807) is 13.3 Å². The van der Waals surface area contributed by atoms with Crippen molar-refractivity contribution >= 4 is 5.95 Å². The monoisotopic (exact) mass is 354 g/mol. The van der Waals surface area contributed by atoms with Crippen LogP contribution in [0.1, 0.15) is 24.1 Å². The molecule has 0 fully saturated rings. The predicted octanol–water partition coefficient (Wildman–Crippen LogP) is 2.22. The normalized spacial score (nSPS) is 10.6. The molecule has 8 nitrogen and oxygen atoms in total. The van der Waals surface area contributed by atoms with Crippen LogP contribution in [0.5, 0.6) is 11.8 Å². The van der Waals surface area contributed by atoms with E-state index >= 15 is 0 Å². The molecular formula is C18H22N6O2. The number of imidazole rings is 1. The minimum Gasteiger partial charge on any atom is -0.497 e. The molecule has 3 aromatic rings. The van der Waals surface area contributed by atoms with Crippen LogP contribution in [0.15, 0.2) is 36.7 Å². The smallest absolute Gasteiger partial charge is 0.321 e. The number of aromatic nitrogens is 5. The second-order valence-corrected chi connectivity index (χ2v) is 5.62. The molecule has 1 aromatic carbocycles.